The van der Waals surface area contributed by atoms with Crippen LogP contribution in [0.2, 0.25) is 0 Å². The summed E-state index contributed by atoms with van der Waals surface area (Å²) >= 11 is 0. The number of esters is 1. The van der Waals surface area contributed by atoms with Gasteiger partial charge in [0, 0.05) is 25.0 Å². The molecule has 2 fully saturated rings. The van der Waals surface area contributed by atoms with Gasteiger partial charge in [0.2, 0.25) is 5.91 Å². The molecule has 0 bridgehead atoms. The molecule has 0 aromatic heterocycles. The lowest BCUT2D eigenvalue weighted by Crippen LogP contribution is -2.49. The minimum atomic E-state index is -0.732. The lowest BCUT2D eigenvalue weighted by atomic mass is 9.87. The molecule has 2 amide bonds. The fraction of sp³-hybridized carbons (Fsp3) is 0.750. The maximum absolute atomic E-state index is 12.6. The maximum atomic E-state index is 12.6. The third-order valence-electron chi connectivity index (χ3n) is 5.27. The van der Waals surface area contributed by atoms with E-state index in [1.54, 1.807) is 13.0 Å². The summed E-state index contributed by atoms with van der Waals surface area (Å²) in [6, 6.07) is 0.0149. The van der Waals surface area contributed by atoms with Crippen molar-refractivity contribution in [3.05, 3.63) is 12.7 Å². The number of nitrogens with zero attached hydrogens (tertiary/aromatic N) is 1. The molecule has 0 aromatic rings. The molecule has 1 atom stereocenters. The highest BCUT2D eigenvalue weighted by Gasteiger charge is 2.29. The second-order valence-electron chi connectivity index (χ2n) is 7.37. The zero-order valence-corrected chi connectivity index (χ0v) is 16.3. The Balaban J connectivity index is 1.64. The Hall–Kier alpha value is -1.89. The largest absolute Gasteiger partial charge is 0.454 e. The first-order chi connectivity index (χ1) is 13.0. The van der Waals surface area contributed by atoms with Crippen LogP contribution in [0, 0.1) is 5.92 Å². The van der Waals surface area contributed by atoms with Crippen LogP contribution < -0.4 is 5.32 Å². The number of rotatable bonds is 8. The van der Waals surface area contributed by atoms with Crippen molar-refractivity contribution in [2.24, 2.45) is 5.92 Å². The second-order valence-corrected chi connectivity index (χ2v) is 7.37. The van der Waals surface area contributed by atoms with Crippen molar-refractivity contribution in [1.82, 2.24) is 10.2 Å². The number of carbonyl (C=O) groups excluding carboxylic acids is 3. The lowest BCUT2D eigenvalue weighted by molar-refractivity contribution is -0.158. The van der Waals surface area contributed by atoms with Crippen molar-refractivity contribution < 1.29 is 23.9 Å². The summed E-state index contributed by atoms with van der Waals surface area (Å²) in [4.78, 5) is 38.2. The number of likely N-dealkylation sites (tertiary alicyclic amines) is 1. The summed E-state index contributed by atoms with van der Waals surface area (Å²) in [5, 5.41) is 2.88. The number of amides is 2. The number of hydrogen-bond donors (Lipinski definition) is 1. The molecule has 7 nitrogen and oxygen atoms in total. The van der Waals surface area contributed by atoms with Crippen LogP contribution in [0.5, 0.6) is 0 Å². The van der Waals surface area contributed by atoms with E-state index >= 15 is 0 Å². The summed E-state index contributed by atoms with van der Waals surface area (Å²) in [6.45, 7) is 6.36. The van der Waals surface area contributed by atoms with Crippen molar-refractivity contribution in [1.29, 1.82) is 0 Å². The Morgan fingerprint density at radius 2 is 1.81 bits per heavy atom. The van der Waals surface area contributed by atoms with Crippen LogP contribution in [0.3, 0.4) is 0 Å². The molecule has 1 N–H and O–H groups in total. The molecule has 1 aliphatic carbocycles. The molecule has 27 heavy (non-hydrogen) atoms. The van der Waals surface area contributed by atoms with E-state index in [0.717, 1.165) is 38.5 Å². The first-order valence-electron chi connectivity index (χ1n) is 9.98. The summed E-state index contributed by atoms with van der Waals surface area (Å²) in [7, 11) is 0. The number of ether oxygens (including phenoxy) is 2. The van der Waals surface area contributed by atoms with Gasteiger partial charge in [-0.05, 0) is 32.6 Å². The molecular weight excluding hydrogens is 348 g/mol. The van der Waals surface area contributed by atoms with Gasteiger partial charge in [-0.15, -0.1) is 6.58 Å². The molecule has 0 spiro atoms. The molecule has 2 aliphatic rings. The Kier molecular flexibility index (Phi) is 8.78. The first-order valence-corrected chi connectivity index (χ1v) is 9.98. The van der Waals surface area contributed by atoms with Crippen molar-refractivity contribution in [3.8, 4) is 0 Å². The molecule has 1 aliphatic heterocycles. The van der Waals surface area contributed by atoms with Gasteiger partial charge in [0.15, 0.2) is 12.7 Å². The lowest BCUT2D eigenvalue weighted by Gasteiger charge is -2.35. The van der Waals surface area contributed by atoms with Gasteiger partial charge < -0.3 is 19.7 Å². The van der Waals surface area contributed by atoms with Gasteiger partial charge >= 0.3 is 5.97 Å². The summed E-state index contributed by atoms with van der Waals surface area (Å²) < 4.78 is 10.1. The Bertz CT molecular complexity index is 522. The molecule has 152 valence electrons. The van der Waals surface area contributed by atoms with Crippen LogP contribution >= 0.6 is 0 Å². The van der Waals surface area contributed by atoms with Crippen LogP contribution in [0.4, 0.5) is 0 Å². The summed E-state index contributed by atoms with van der Waals surface area (Å²) in [5.41, 5.74) is 0. The van der Waals surface area contributed by atoms with E-state index in [1.165, 1.54) is 6.42 Å². The summed E-state index contributed by atoms with van der Waals surface area (Å²) in [5.74, 6) is -0.423. The minimum absolute atomic E-state index is 0.0149. The molecule has 0 radical (unpaired) electrons. The van der Waals surface area contributed by atoms with Gasteiger partial charge in [0.25, 0.3) is 5.91 Å². The van der Waals surface area contributed by atoms with Crippen molar-refractivity contribution in [2.75, 3.05) is 26.3 Å². The van der Waals surface area contributed by atoms with Gasteiger partial charge in [0.05, 0.1) is 6.61 Å². The number of piperidine rings is 1. The highest BCUT2D eigenvalue weighted by Crippen LogP contribution is 2.26. The van der Waals surface area contributed by atoms with Crippen LogP contribution in [-0.2, 0) is 23.9 Å². The number of hydrogen-bond acceptors (Lipinski definition) is 5. The normalized spacial score (nSPS) is 20.0. The Morgan fingerprint density at radius 3 is 2.44 bits per heavy atom. The molecule has 1 saturated heterocycles. The minimum Gasteiger partial charge on any atom is -0.454 e. The van der Waals surface area contributed by atoms with Gasteiger partial charge in [-0.25, -0.2) is 4.79 Å². The van der Waals surface area contributed by atoms with Crippen LogP contribution in [0.25, 0.3) is 0 Å². The van der Waals surface area contributed by atoms with Crippen LogP contribution in [0.15, 0.2) is 12.7 Å². The van der Waals surface area contributed by atoms with Crippen molar-refractivity contribution in [3.63, 3.8) is 0 Å². The third kappa shape index (κ3) is 6.97. The third-order valence-corrected chi connectivity index (χ3v) is 5.27. The molecule has 7 heteroatoms. The SMILES string of the molecule is C=CCOC(C)C(=O)OCC(=O)NC1CCN(C(=O)C2CCCCC2)CC1. The van der Waals surface area contributed by atoms with Crippen LogP contribution in [0.1, 0.15) is 51.9 Å². The zero-order valence-electron chi connectivity index (χ0n) is 16.3. The highest BCUT2D eigenvalue weighted by molar-refractivity contribution is 5.82. The van der Waals surface area contributed by atoms with Gasteiger partial charge in [-0.2, -0.15) is 0 Å². The first kappa shape index (κ1) is 21.4. The van der Waals surface area contributed by atoms with Crippen molar-refractivity contribution >= 4 is 17.8 Å². The van der Waals surface area contributed by atoms with Gasteiger partial charge in [0.1, 0.15) is 0 Å². The summed E-state index contributed by atoms with van der Waals surface area (Å²) in [6.07, 6.45) is 7.84. The predicted octanol–water partition coefficient (Wildman–Crippen LogP) is 1.81. The quantitative estimate of drug-likeness (QED) is 0.513. The van der Waals surface area contributed by atoms with Crippen molar-refractivity contribution in [2.45, 2.75) is 64.0 Å². The molecule has 0 aromatic carbocycles. The molecular formula is C20H32N2O5. The van der Waals surface area contributed by atoms with E-state index in [0.29, 0.717) is 13.1 Å². The molecule has 1 unspecified atom stereocenters. The fourth-order valence-corrected chi connectivity index (χ4v) is 3.66. The monoisotopic (exact) mass is 380 g/mol. The Labute approximate surface area is 161 Å². The topological polar surface area (TPSA) is 84.9 Å². The van der Waals surface area contributed by atoms with Crippen LogP contribution in [-0.4, -0.2) is 61.1 Å². The molecule has 1 saturated carbocycles. The standard InChI is InChI=1S/C20H32N2O5/c1-3-13-26-15(2)20(25)27-14-18(23)21-17-9-11-22(12-10-17)19(24)16-7-5-4-6-8-16/h3,15-17H,1,4-14H2,2H3,(H,21,23). The van der Waals surface area contributed by atoms with Gasteiger partial charge in [-0.3, -0.25) is 9.59 Å². The predicted molar refractivity (Wildman–Crippen MR) is 101 cm³/mol. The highest BCUT2D eigenvalue weighted by atomic mass is 16.6. The average Bonchev–Trinajstić information content (AvgIpc) is 2.70. The van der Waals surface area contributed by atoms with E-state index < -0.39 is 12.1 Å². The maximum Gasteiger partial charge on any atom is 0.335 e. The molecule has 1 heterocycles. The molecule has 2 rings (SSSR count). The van der Waals surface area contributed by atoms with E-state index in [2.05, 4.69) is 11.9 Å². The number of nitrogens with one attached hydrogen (secondary N) is 1. The fourth-order valence-electron chi connectivity index (χ4n) is 3.66. The van der Waals surface area contributed by atoms with Gasteiger partial charge in [-0.1, -0.05) is 25.3 Å². The van der Waals surface area contributed by atoms with E-state index in [9.17, 15) is 14.4 Å². The van der Waals surface area contributed by atoms with E-state index in [1.807, 2.05) is 4.90 Å². The smallest absolute Gasteiger partial charge is 0.335 e. The number of carbonyl (C=O) groups is 3. The zero-order chi connectivity index (χ0) is 19.6. The Morgan fingerprint density at radius 1 is 1.15 bits per heavy atom. The second kappa shape index (κ2) is 11.1. The van der Waals surface area contributed by atoms with E-state index in [-0.39, 0.29) is 37.0 Å². The average molecular weight is 380 g/mol. The van der Waals surface area contributed by atoms with E-state index in [4.69, 9.17) is 9.47 Å².